The number of hydrogen-bond acceptors (Lipinski definition) is 2. The molecule has 0 saturated carbocycles. The summed E-state index contributed by atoms with van der Waals surface area (Å²) in [6.07, 6.45) is 5.32. The Balaban J connectivity index is 2.31. The highest BCUT2D eigenvalue weighted by Crippen LogP contribution is 2.28. The number of nitrogens with zero attached hydrogens (tertiary/aromatic N) is 1. The molecule has 1 heterocycles. The van der Waals surface area contributed by atoms with Gasteiger partial charge in [-0.1, -0.05) is 17.9 Å². The summed E-state index contributed by atoms with van der Waals surface area (Å²) < 4.78 is 0. The van der Waals surface area contributed by atoms with E-state index in [4.69, 9.17) is 5.73 Å². The van der Waals surface area contributed by atoms with Crippen LogP contribution in [0.4, 0.5) is 0 Å². The number of aromatic nitrogens is 1. The quantitative estimate of drug-likeness (QED) is 0.623. The van der Waals surface area contributed by atoms with Gasteiger partial charge in [-0.3, -0.25) is 4.98 Å². The van der Waals surface area contributed by atoms with E-state index in [9.17, 15) is 0 Å². The molecule has 0 amide bonds. The molecule has 0 spiro atoms. The van der Waals surface area contributed by atoms with Crippen LogP contribution >= 0.6 is 0 Å². The predicted octanol–water partition coefficient (Wildman–Crippen LogP) is 1.46. The first-order valence-corrected chi connectivity index (χ1v) is 5.04. The zero-order valence-corrected chi connectivity index (χ0v) is 8.16. The van der Waals surface area contributed by atoms with Gasteiger partial charge in [0, 0.05) is 6.20 Å². The maximum atomic E-state index is 5.37. The average Bonchev–Trinajstić information content (AvgIpc) is 2.26. The second kappa shape index (κ2) is 4.26. The van der Waals surface area contributed by atoms with Crippen molar-refractivity contribution in [3.8, 4) is 11.8 Å². The van der Waals surface area contributed by atoms with Crippen molar-refractivity contribution in [1.82, 2.24) is 4.98 Å². The molecule has 1 aromatic rings. The summed E-state index contributed by atoms with van der Waals surface area (Å²) in [7, 11) is 0. The van der Waals surface area contributed by atoms with Gasteiger partial charge >= 0.3 is 0 Å². The van der Waals surface area contributed by atoms with E-state index in [2.05, 4.69) is 22.9 Å². The van der Waals surface area contributed by atoms with Gasteiger partial charge in [-0.25, -0.2) is 0 Å². The molecular formula is C12H14N2. The summed E-state index contributed by atoms with van der Waals surface area (Å²) in [6.45, 7) is 0.443. The molecule has 1 aromatic heterocycles. The Morgan fingerprint density at radius 1 is 1.57 bits per heavy atom. The Kier molecular flexibility index (Phi) is 2.81. The Morgan fingerprint density at radius 3 is 3.36 bits per heavy atom. The minimum atomic E-state index is 0.309. The molecule has 2 N–H and O–H groups in total. The van der Waals surface area contributed by atoms with E-state index in [0.29, 0.717) is 12.5 Å². The molecule has 0 radical (unpaired) electrons. The third kappa shape index (κ3) is 1.78. The first kappa shape index (κ1) is 9.23. The van der Waals surface area contributed by atoms with E-state index in [1.807, 2.05) is 12.3 Å². The van der Waals surface area contributed by atoms with Gasteiger partial charge in [0.2, 0.25) is 0 Å². The minimum Gasteiger partial charge on any atom is -0.320 e. The lowest BCUT2D eigenvalue weighted by atomic mass is 9.87. The second-order valence-electron chi connectivity index (χ2n) is 3.52. The molecule has 1 atom stereocenters. The summed E-state index contributed by atoms with van der Waals surface area (Å²) in [5.41, 5.74) is 7.89. The number of fused-ring (bicyclic) bond motifs is 1. The fourth-order valence-corrected chi connectivity index (χ4v) is 1.93. The first-order chi connectivity index (χ1) is 6.92. The maximum absolute atomic E-state index is 5.37. The lowest BCUT2D eigenvalue weighted by Gasteiger charge is -2.19. The van der Waals surface area contributed by atoms with Crippen molar-refractivity contribution in [2.24, 2.45) is 5.73 Å². The normalized spacial score (nSPS) is 19.4. The molecule has 0 saturated heterocycles. The van der Waals surface area contributed by atoms with E-state index in [0.717, 1.165) is 12.8 Å². The summed E-state index contributed by atoms with van der Waals surface area (Å²) in [5.74, 6) is 6.45. The lowest BCUT2D eigenvalue weighted by molar-refractivity contribution is 0.623. The van der Waals surface area contributed by atoms with Crippen LogP contribution in [0.1, 0.15) is 30.0 Å². The molecular weight excluding hydrogens is 172 g/mol. The van der Waals surface area contributed by atoms with Crippen LogP contribution < -0.4 is 5.73 Å². The highest BCUT2D eigenvalue weighted by molar-refractivity contribution is 5.32. The molecule has 0 fully saturated rings. The van der Waals surface area contributed by atoms with Crippen LogP contribution in [-0.2, 0) is 6.42 Å². The standard InChI is InChI=1S/C12H14N2/c13-8-2-6-10-4-1-5-11-7-3-9-14-12(10)11/h3,7,9-10H,1,4-5,8,13H2. The average molecular weight is 186 g/mol. The fraction of sp³-hybridized carbons (Fsp3) is 0.417. The molecule has 72 valence electrons. The summed E-state index contributed by atoms with van der Waals surface area (Å²) >= 11 is 0. The van der Waals surface area contributed by atoms with Crippen molar-refractivity contribution in [2.75, 3.05) is 6.54 Å². The second-order valence-corrected chi connectivity index (χ2v) is 3.52. The van der Waals surface area contributed by atoms with Crippen molar-refractivity contribution < 1.29 is 0 Å². The first-order valence-electron chi connectivity index (χ1n) is 5.04. The maximum Gasteiger partial charge on any atom is 0.0628 e. The summed E-state index contributed by atoms with van der Waals surface area (Å²) in [6, 6.07) is 4.15. The summed E-state index contributed by atoms with van der Waals surface area (Å²) in [4.78, 5) is 4.41. The van der Waals surface area contributed by atoms with Gasteiger partial charge in [0.1, 0.15) is 0 Å². The lowest BCUT2D eigenvalue weighted by Crippen LogP contribution is -2.10. The largest absolute Gasteiger partial charge is 0.320 e. The molecule has 1 unspecified atom stereocenters. The molecule has 1 aliphatic carbocycles. The molecule has 2 rings (SSSR count). The third-order valence-corrected chi connectivity index (χ3v) is 2.57. The summed E-state index contributed by atoms with van der Waals surface area (Å²) in [5, 5.41) is 0. The molecule has 0 aliphatic heterocycles. The van der Waals surface area contributed by atoms with E-state index in [-0.39, 0.29) is 0 Å². The van der Waals surface area contributed by atoms with E-state index >= 15 is 0 Å². The van der Waals surface area contributed by atoms with Crippen LogP contribution in [0, 0.1) is 11.8 Å². The zero-order chi connectivity index (χ0) is 9.80. The SMILES string of the molecule is NCC#CC1CCCc2cccnc21. The van der Waals surface area contributed by atoms with Crippen LogP contribution in [0.15, 0.2) is 18.3 Å². The fourth-order valence-electron chi connectivity index (χ4n) is 1.93. The van der Waals surface area contributed by atoms with Gasteiger partial charge in [0.15, 0.2) is 0 Å². The van der Waals surface area contributed by atoms with Gasteiger partial charge < -0.3 is 5.73 Å². The number of hydrogen-bond donors (Lipinski definition) is 1. The molecule has 14 heavy (non-hydrogen) atoms. The van der Waals surface area contributed by atoms with Crippen LogP contribution in [0.2, 0.25) is 0 Å². The van der Waals surface area contributed by atoms with Crippen molar-refractivity contribution in [3.05, 3.63) is 29.6 Å². The Morgan fingerprint density at radius 2 is 2.50 bits per heavy atom. The van der Waals surface area contributed by atoms with Crippen molar-refractivity contribution in [2.45, 2.75) is 25.2 Å². The van der Waals surface area contributed by atoms with Gasteiger partial charge in [0.25, 0.3) is 0 Å². The van der Waals surface area contributed by atoms with Crippen molar-refractivity contribution >= 4 is 0 Å². The Hall–Kier alpha value is -1.33. The Labute approximate surface area is 84.5 Å². The van der Waals surface area contributed by atoms with E-state index in [1.54, 1.807) is 0 Å². The zero-order valence-electron chi connectivity index (χ0n) is 8.16. The molecule has 0 aromatic carbocycles. The van der Waals surface area contributed by atoms with Crippen LogP contribution in [0.5, 0.6) is 0 Å². The Bertz CT molecular complexity index is 373. The monoisotopic (exact) mass is 186 g/mol. The predicted molar refractivity (Wildman–Crippen MR) is 56.7 cm³/mol. The number of nitrogens with two attached hydrogens (primary N) is 1. The van der Waals surface area contributed by atoms with Crippen LogP contribution in [0.3, 0.4) is 0 Å². The highest BCUT2D eigenvalue weighted by Gasteiger charge is 2.18. The molecule has 0 bridgehead atoms. The van der Waals surface area contributed by atoms with Crippen molar-refractivity contribution in [3.63, 3.8) is 0 Å². The van der Waals surface area contributed by atoms with Crippen LogP contribution in [-0.4, -0.2) is 11.5 Å². The molecule has 2 nitrogen and oxygen atoms in total. The van der Waals surface area contributed by atoms with Crippen molar-refractivity contribution in [1.29, 1.82) is 0 Å². The third-order valence-electron chi connectivity index (χ3n) is 2.57. The van der Waals surface area contributed by atoms with Gasteiger partial charge in [0.05, 0.1) is 18.2 Å². The molecule has 2 heteroatoms. The van der Waals surface area contributed by atoms with E-state index in [1.165, 1.54) is 17.7 Å². The van der Waals surface area contributed by atoms with Gasteiger partial charge in [-0.2, -0.15) is 0 Å². The number of pyridine rings is 1. The minimum absolute atomic E-state index is 0.309. The smallest absolute Gasteiger partial charge is 0.0628 e. The van der Waals surface area contributed by atoms with Gasteiger partial charge in [-0.15, -0.1) is 0 Å². The van der Waals surface area contributed by atoms with E-state index < -0.39 is 0 Å². The highest BCUT2D eigenvalue weighted by atomic mass is 14.7. The van der Waals surface area contributed by atoms with Gasteiger partial charge in [-0.05, 0) is 30.9 Å². The number of aryl methyl sites for hydroxylation is 1. The topological polar surface area (TPSA) is 38.9 Å². The van der Waals surface area contributed by atoms with Crippen LogP contribution in [0.25, 0.3) is 0 Å². The molecule has 1 aliphatic rings. The number of rotatable bonds is 0.